The van der Waals surface area contributed by atoms with E-state index < -0.39 is 0 Å². The Balaban J connectivity index is 2.35. The van der Waals surface area contributed by atoms with Crippen LogP contribution in [0.4, 0.5) is 5.95 Å². The van der Waals surface area contributed by atoms with Crippen LogP contribution >= 0.6 is 0 Å². The van der Waals surface area contributed by atoms with Crippen LogP contribution < -0.4 is 10.5 Å². The topological polar surface area (TPSA) is 60.1 Å². The first-order valence-corrected chi connectivity index (χ1v) is 11.6. The fourth-order valence-corrected chi connectivity index (χ4v) is 4.68. The summed E-state index contributed by atoms with van der Waals surface area (Å²) in [7, 11) is 1.81. The molecule has 0 unspecified atom stereocenters. The smallest absolute Gasteiger partial charge is 0.264 e. The second-order valence-electron chi connectivity index (χ2n) is 8.92. The third-order valence-electron chi connectivity index (χ3n) is 6.00. The highest BCUT2D eigenvalue weighted by atomic mass is 16.1. The van der Waals surface area contributed by atoms with E-state index in [0.717, 1.165) is 48.2 Å². The van der Waals surface area contributed by atoms with Crippen molar-refractivity contribution in [1.29, 1.82) is 0 Å². The Morgan fingerprint density at radius 1 is 1.06 bits per heavy atom. The highest BCUT2D eigenvalue weighted by Gasteiger charge is 2.22. The first-order chi connectivity index (χ1) is 15.2. The summed E-state index contributed by atoms with van der Waals surface area (Å²) in [4.78, 5) is 32.6. The lowest BCUT2D eigenvalue weighted by molar-refractivity contribution is -0.117. The minimum atomic E-state index is -0.0434. The molecule has 0 aliphatic carbocycles. The number of rotatable bonds is 9. The Hall–Kier alpha value is -2.89. The Bertz CT molecular complexity index is 1170. The fourth-order valence-electron chi connectivity index (χ4n) is 4.68. The molecule has 0 fully saturated rings. The lowest BCUT2D eigenvalue weighted by Gasteiger charge is -2.24. The summed E-state index contributed by atoms with van der Waals surface area (Å²) in [5, 5.41) is 0.628. The standard InChI is InChI=1S/C26H36N4O2/c1-8-11-29(12-9-2)26-27-24-23(25(32)28(26)7)21(16-30(24)13-10-20(6)31)22-18(4)14-17(3)15-19(22)5/h14-16H,8-13H2,1-7H3. The van der Waals surface area contributed by atoms with Crippen molar-refractivity contribution < 1.29 is 4.79 Å². The SMILES string of the molecule is CCCN(CCC)c1nc2c(c(-c3c(C)cc(C)cc3C)cn2CCC(C)=O)c(=O)n1C. The minimum Gasteiger partial charge on any atom is -0.342 e. The fraction of sp³-hybridized carbons (Fsp3) is 0.500. The van der Waals surface area contributed by atoms with E-state index in [0.29, 0.717) is 29.9 Å². The van der Waals surface area contributed by atoms with E-state index in [9.17, 15) is 9.59 Å². The van der Waals surface area contributed by atoms with E-state index >= 15 is 0 Å². The molecule has 0 N–H and O–H groups in total. The molecule has 0 radical (unpaired) electrons. The summed E-state index contributed by atoms with van der Waals surface area (Å²) in [5.74, 6) is 0.816. The van der Waals surface area contributed by atoms with E-state index in [1.54, 1.807) is 11.5 Å². The van der Waals surface area contributed by atoms with Gasteiger partial charge in [0.2, 0.25) is 5.95 Å². The zero-order chi connectivity index (χ0) is 23.6. The number of fused-ring (bicyclic) bond motifs is 1. The van der Waals surface area contributed by atoms with Crippen molar-refractivity contribution in [2.75, 3.05) is 18.0 Å². The molecule has 6 heteroatoms. The lowest BCUT2D eigenvalue weighted by Crippen LogP contribution is -2.33. The zero-order valence-corrected chi connectivity index (χ0v) is 20.6. The molecule has 0 spiro atoms. The molecule has 2 aromatic heterocycles. The molecule has 6 nitrogen and oxygen atoms in total. The van der Waals surface area contributed by atoms with Crippen LogP contribution in [0, 0.1) is 20.8 Å². The number of hydrogen-bond donors (Lipinski definition) is 0. The average Bonchev–Trinajstić information content (AvgIpc) is 3.06. The normalized spacial score (nSPS) is 11.3. The summed E-state index contributed by atoms with van der Waals surface area (Å²) in [6.45, 7) is 14.3. The molecule has 1 aromatic carbocycles. The van der Waals surface area contributed by atoms with Crippen LogP contribution in [0.15, 0.2) is 23.1 Å². The van der Waals surface area contributed by atoms with E-state index in [1.165, 1.54) is 5.56 Å². The number of ketones is 1. The van der Waals surface area contributed by atoms with E-state index in [1.807, 2.05) is 17.8 Å². The van der Waals surface area contributed by atoms with Gasteiger partial charge in [0.1, 0.15) is 11.4 Å². The maximum atomic E-state index is 13.7. The first-order valence-electron chi connectivity index (χ1n) is 11.6. The summed E-state index contributed by atoms with van der Waals surface area (Å²) >= 11 is 0. The molecule has 32 heavy (non-hydrogen) atoms. The third kappa shape index (κ3) is 4.50. The van der Waals surface area contributed by atoms with Crippen molar-refractivity contribution in [3.63, 3.8) is 0 Å². The molecule has 3 aromatic rings. The van der Waals surface area contributed by atoms with Crippen LogP contribution in [0.3, 0.4) is 0 Å². The number of carbonyl (C=O) groups is 1. The van der Waals surface area contributed by atoms with E-state index in [-0.39, 0.29) is 11.3 Å². The van der Waals surface area contributed by atoms with Gasteiger partial charge in [-0.15, -0.1) is 0 Å². The van der Waals surface area contributed by atoms with Crippen LogP contribution in [-0.2, 0) is 18.4 Å². The monoisotopic (exact) mass is 436 g/mol. The van der Waals surface area contributed by atoms with Gasteiger partial charge in [0.25, 0.3) is 5.56 Å². The second kappa shape index (κ2) is 9.72. The summed E-state index contributed by atoms with van der Waals surface area (Å²) in [6.07, 6.45) is 4.38. The summed E-state index contributed by atoms with van der Waals surface area (Å²) in [6, 6.07) is 4.30. The van der Waals surface area contributed by atoms with Gasteiger partial charge in [-0.1, -0.05) is 31.5 Å². The molecule has 0 aliphatic rings. The molecular weight excluding hydrogens is 400 g/mol. The number of anilines is 1. The van der Waals surface area contributed by atoms with Crippen LogP contribution in [0.2, 0.25) is 0 Å². The molecule has 2 heterocycles. The largest absolute Gasteiger partial charge is 0.342 e. The van der Waals surface area contributed by atoms with Crippen molar-refractivity contribution in [2.45, 2.75) is 67.3 Å². The van der Waals surface area contributed by atoms with Gasteiger partial charge in [-0.25, -0.2) is 0 Å². The molecule has 3 rings (SSSR count). The number of aromatic nitrogens is 3. The third-order valence-corrected chi connectivity index (χ3v) is 6.00. The van der Waals surface area contributed by atoms with Gasteiger partial charge in [0.15, 0.2) is 0 Å². The minimum absolute atomic E-state index is 0.0434. The number of Topliss-reactive ketones (excluding diaryl/α,β-unsaturated/α-hetero) is 1. The van der Waals surface area contributed by atoms with Gasteiger partial charge in [-0.2, -0.15) is 4.98 Å². The van der Waals surface area contributed by atoms with Gasteiger partial charge in [-0.05, 0) is 57.2 Å². The molecule has 0 aliphatic heterocycles. The molecule has 0 atom stereocenters. The maximum absolute atomic E-state index is 13.7. The van der Waals surface area contributed by atoms with Crippen molar-refractivity contribution in [1.82, 2.24) is 14.1 Å². The summed E-state index contributed by atoms with van der Waals surface area (Å²) in [5.41, 5.74) is 6.07. The first kappa shape index (κ1) is 23.8. The number of hydrogen-bond acceptors (Lipinski definition) is 4. The van der Waals surface area contributed by atoms with Crippen LogP contribution in [0.5, 0.6) is 0 Å². The number of benzene rings is 1. The van der Waals surface area contributed by atoms with E-state index in [4.69, 9.17) is 4.98 Å². The van der Waals surface area contributed by atoms with Crippen molar-refractivity contribution >= 4 is 22.8 Å². The number of aryl methyl sites for hydroxylation is 4. The average molecular weight is 437 g/mol. The van der Waals surface area contributed by atoms with Crippen LogP contribution in [0.25, 0.3) is 22.2 Å². The molecule has 0 bridgehead atoms. The Labute approximate surface area is 190 Å². The van der Waals surface area contributed by atoms with Gasteiger partial charge >= 0.3 is 0 Å². The second-order valence-corrected chi connectivity index (χ2v) is 8.92. The maximum Gasteiger partial charge on any atom is 0.264 e. The number of carbonyl (C=O) groups excluding carboxylic acids is 1. The Morgan fingerprint density at radius 3 is 2.19 bits per heavy atom. The lowest BCUT2D eigenvalue weighted by atomic mass is 9.94. The van der Waals surface area contributed by atoms with Gasteiger partial charge in [0.05, 0.1) is 5.39 Å². The zero-order valence-electron chi connectivity index (χ0n) is 20.6. The molecule has 0 saturated carbocycles. The van der Waals surface area contributed by atoms with Gasteiger partial charge in [-0.3, -0.25) is 14.2 Å². The predicted octanol–water partition coefficient (Wildman–Crippen LogP) is 4.93. The predicted molar refractivity (Wildman–Crippen MR) is 133 cm³/mol. The van der Waals surface area contributed by atoms with Crippen LogP contribution in [0.1, 0.15) is 56.7 Å². The molecule has 0 saturated heterocycles. The van der Waals surface area contributed by atoms with Gasteiger partial charge in [0, 0.05) is 44.9 Å². The molecule has 172 valence electrons. The van der Waals surface area contributed by atoms with Crippen molar-refractivity contribution in [3.05, 3.63) is 45.4 Å². The highest BCUT2D eigenvalue weighted by Crippen LogP contribution is 2.34. The van der Waals surface area contributed by atoms with Crippen molar-refractivity contribution in [2.24, 2.45) is 7.05 Å². The van der Waals surface area contributed by atoms with Crippen molar-refractivity contribution in [3.8, 4) is 11.1 Å². The number of nitrogens with zero attached hydrogens (tertiary/aromatic N) is 4. The molecule has 0 amide bonds. The quantitative estimate of drug-likeness (QED) is 0.477. The Morgan fingerprint density at radius 2 is 1.66 bits per heavy atom. The Kier molecular flexibility index (Phi) is 7.22. The molecular formula is C26H36N4O2. The van der Waals surface area contributed by atoms with E-state index in [2.05, 4.69) is 51.7 Å². The highest BCUT2D eigenvalue weighted by molar-refractivity contribution is 5.96. The van der Waals surface area contributed by atoms with Gasteiger partial charge < -0.3 is 9.47 Å². The van der Waals surface area contributed by atoms with Crippen LogP contribution in [-0.4, -0.2) is 33.0 Å². The summed E-state index contributed by atoms with van der Waals surface area (Å²) < 4.78 is 3.68.